The first kappa shape index (κ1) is 22.5. The van der Waals surface area contributed by atoms with E-state index >= 15 is 0 Å². The molecule has 0 bridgehead atoms. The molecule has 1 unspecified atom stereocenters. The third-order valence-corrected chi connectivity index (χ3v) is 6.55. The summed E-state index contributed by atoms with van der Waals surface area (Å²) < 4.78 is 29.2. The summed E-state index contributed by atoms with van der Waals surface area (Å²) in [6, 6.07) is 23.6. The number of ether oxygens (including phenoxy) is 1. The van der Waals surface area contributed by atoms with Crippen LogP contribution in [0.2, 0.25) is 0 Å². The van der Waals surface area contributed by atoms with Crippen LogP contribution in [-0.2, 0) is 14.6 Å². The first-order valence-corrected chi connectivity index (χ1v) is 11.6. The molecule has 1 atom stereocenters. The molecule has 3 aromatic carbocycles. The number of carbonyl (C=O) groups excluding carboxylic acids is 1. The molecule has 0 fully saturated rings. The molecule has 0 aliphatic carbocycles. The van der Waals surface area contributed by atoms with Gasteiger partial charge < -0.3 is 15.4 Å². The lowest BCUT2D eigenvalue weighted by Gasteiger charge is -2.16. The first-order chi connectivity index (χ1) is 14.9. The fraction of sp³-hybridized carbons (Fsp3) is 0.208. The SMILES string of the molecule is COCCS(=O)(=O)c1ccc(C(=O)Nc2ccc(NC(C)c3ccccc3)cc2)cc1. The van der Waals surface area contributed by atoms with E-state index in [1.54, 1.807) is 0 Å². The van der Waals surface area contributed by atoms with Gasteiger partial charge in [-0.05, 0) is 61.0 Å². The number of nitrogens with one attached hydrogen (secondary N) is 2. The molecule has 0 heterocycles. The minimum absolute atomic E-state index is 0.0989. The summed E-state index contributed by atoms with van der Waals surface area (Å²) in [7, 11) is -1.97. The zero-order chi connectivity index (χ0) is 22.3. The second-order valence-electron chi connectivity index (χ2n) is 7.14. The molecule has 0 aliphatic heterocycles. The minimum atomic E-state index is -3.42. The highest BCUT2D eigenvalue weighted by Gasteiger charge is 2.15. The van der Waals surface area contributed by atoms with Crippen molar-refractivity contribution in [1.82, 2.24) is 0 Å². The third kappa shape index (κ3) is 6.16. The van der Waals surface area contributed by atoms with Crippen LogP contribution in [0.5, 0.6) is 0 Å². The second-order valence-corrected chi connectivity index (χ2v) is 9.25. The molecule has 3 rings (SSSR count). The standard InChI is InChI=1S/C24H26N2O4S/c1-18(19-6-4-3-5-7-19)25-21-10-12-22(13-11-21)26-24(27)20-8-14-23(15-9-20)31(28,29)17-16-30-2/h3-15,18,25H,16-17H2,1-2H3,(H,26,27). The topological polar surface area (TPSA) is 84.5 Å². The maximum Gasteiger partial charge on any atom is 0.255 e. The van der Waals surface area contributed by atoms with Crippen molar-refractivity contribution in [3.05, 3.63) is 90.0 Å². The Labute approximate surface area is 183 Å². The molecule has 0 saturated heterocycles. The van der Waals surface area contributed by atoms with E-state index in [9.17, 15) is 13.2 Å². The summed E-state index contributed by atoms with van der Waals surface area (Å²) in [6.45, 7) is 2.21. The van der Waals surface area contributed by atoms with Crippen molar-refractivity contribution in [1.29, 1.82) is 0 Å². The largest absolute Gasteiger partial charge is 0.384 e. The maximum atomic E-state index is 12.5. The Morgan fingerprint density at radius 3 is 2.13 bits per heavy atom. The molecule has 162 valence electrons. The van der Waals surface area contributed by atoms with Gasteiger partial charge in [0.25, 0.3) is 5.91 Å². The Morgan fingerprint density at radius 2 is 1.52 bits per heavy atom. The van der Waals surface area contributed by atoms with Crippen LogP contribution in [0.3, 0.4) is 0 Å². The summed E-state index contributed by atoms with van der Waals surface area (Å²) >= 11 is 0. The van der Waals surface area contributed by atoms with E-state index in [2.05, 4.69) is 29.7 Å². The Balaban J connectivity index is 1.60. The lowest BCUT2D eigenvalue weighted by atomic mass is 10.1. The second kappa shape index (κ2) is 10.2. The highest BCUT2D eigenvalue weighted by atomic mass is 32.2. The number of anilines is 2. The number of benzene rings is 3. The van der Waals surface area contributed by atoms with Crippen LogP contribution in [0.4, 0.5) is 11.4 Å². The highest BCUT2D eigenvalue weighted by molar-refractivity contribution is 7.91. The quantitative estimate of drug-likeness (QED) is 0.513. The average Bonchev–Trinajstić information content (AvgIpc) is 2.79. The molecule has 31 heavy (non-hydrogen) atoms. The van der Waals surface area contributed by atoms with Gasteiger partial charge >= 0.3 is 0 Å². The van der Waals surface area contributed by atoms with Crippen LogP contribution in [0.25, 0.3) is 0 Å². The van der Waals surface area contributed by atoms with E-state index in [0.29, 0.717) is 11.3 Å². The summed E-state index contributed by atoms with van der Waals surface area (Å²) in [5.41, 5.74) is 3.16. The predicted octanol–water partition coefficient (Wildman–Crippen LogP) is 4.53. The minimum Gasteiger partial charge on any atom is -0.384 e. The molecule has 6 nitrogen and oxygen atoms in total. The van der Waals surface area contributed by atoms with Gasteiger partial charge in [0.15, 0.2) is 9.84 Å². The molecular formula is C24H26N2O4S. The van der Waals surface area contributed by atoms with Crippen LogP contribution in [0.1, 0.15) is 28.9 Å². The molecule has 3 aromatic rings. The summed E-state index contributed by atoms with van der Waals surface area (Å²) in [4.78, 5) is 12.7. The van der Waals surface area contributed by atoms with Gasteiger partial charge in [0, 0.05) is 30.1 Å². The van der Waals surface area contributed by atoms with E-state index in [4.69, 9.17) is 4.74 Å². The number of hydrogen-bond donors (Lipinski definition) is 2. The molecule has 1 amide bonds. The fourth-order valence-corrected chi connectivity index (χ4v) is 4.23. The number of carbonyl (C=O) groups is 1. The number of sulfone groups is 1. The summed E-state index contributed by atoms with van der Waals surface area (Å²) in [5, 5.41) is 6.25. The zero-order valence-electron chi connectivity index (χ0n) is 17.5. The van der Waals surface area contributed by atoms with Crippen molar-refractivity contribution in [3.8, 4) is 0 Å². The lowest BCUT2D eigenvalue weighted by Crippen LogP contribution is -2.14. The molecule has 0 saturated carbocycles. The Bertz CT molecular complexity index is 1100. The molecule has 0 radical (unpaired) electrons. The van der Waals surface area contributed by atoms with E-state index in [1.165, 1.54) is 36.9 Å². The third-order valence-electron chi connectivity index (χ3n) is 4.86. The maximum absolute atomic E-state index is 12.5. The van der Waals surface area contributed by atoms with Gasteiger partial charge in [-0.2, -0.15) is 0 Å². The number of rotatable bonds is 9. The lowest BCUT2D eigenvalue weighted by molar-refractivity contribution is 0.102. The van der Waals surface area contributed by atoms with E-state index < -0.39 is 9.84 Å². The van der Waals surface area contributed by atoms with Gasteiger partial charge in [-0.25, -0.2) is 8.42 Å². The average molecular weight is 439 g/mol. The molecule has 7 heteroatoms. The summed E-state index contributed by atoms with van der Waals surface area (Å²) in [5.74, 6) is -0.405. The van der Waals surface area contributed by atoms with Crippen molar-refractivity contribution in [2.45, 2.75) is 17.9 Å². The molecule has 0 aromatic heterocycles. The van der Waals surface area contributed by atoms with Crippen molar-refractivity contribution >= 4 is 27.1 Å². The van der Waals surface area contributed by atoms with Crippen LogP contribution in [0, 0.1) is 0 Å². The smallest absolute Gasteiger partial charge is 0.255 e. The zero-order valence-corrected chi connectivity index (χ0v) is 18.4. The fourth-order valence-electron chi connectivity index (χ4n) is 3.05. The molecular weight excluding hydrogens is 412 g/mol. The van der Waals surface area contributed by atoms with Crippen LogP contribution in [0.15, 0.2) is 83.8 Å². The van der Waals surface area contributed by atoms with Gasteiger partial charge in [-0.3, -0.25) is 4.79 Å². The summed E-state index contributed by atoms with van der Waals surface area (Å²) in [6.07, 6.45) is 0. The Hall–Kier alpha value is -3.16. The molecule has 0 aliphatic rings. The number of amides is 1. The van der Waals surface area contributed by atoms with Crippen LogP contribution in [-0.4, -0.2) is 33.8 Å². The van der Waals surface area contributed by atoms with Crippen LogP contribution >= 0.6 is 0 Å². The molecule has 2 N–H and O–H groups in total. The normalized spacial score (nSPS) is 12.2. The van der Waals surface area contributed by atoms with E-state index in [0.717, 1.165) is 5.69 Å². The van der Waals surface area contributed by atoms with Gasteiger partial charge in [0.2, 0.25) is 0 Å². The van der Waals surface area contributed by atoms with Gasteiger partial charge in [-0.15, -0.1) is 0 Å². The Kier molecular flexibility index (Phi) is 7.44. The number of methoxy groups -OCH3 is 1. The predicted molar refractivity (Wildman–Crippen MR) is 123 cm³/mol. The van der Waals surface area contributed by atoms with Crippen LogP contribution < -0.4 is 10.6 Å². The van der Waals surface area contributed by atoms with Gasteiger partial charge in [0.1, 0.15) is 0 Å². The Morgan fingerprint density at radius 1 is 0.903 bits per heavy atom. The monoisotopic (exact) mass is 438 g/mol. The van der Waals surface area contributed by atoms with E-state index in [1.807, 2.05) is 42.5 Å². The van der Waals surface area contributed by atoms with Crippen molar-refractivity contribution < 1.29 is 17.9 Å². The van der Waals surface area contributed by atoms with Crippen molar-refractivity contribution in [3.63, 3.8) is 0 Å². The highest BCUT2D eigenvalue weighted by Crippen LogP contribution is 2.21. The van der Waals surface area contributed by atoms with Gasteiger partial charge in [-0.1, -0.05) is 30.3 Å². The van der Waals surface area contributed by atoms with Crippen molar-refractivity contribution in [2.24, 2.45) is 0 Å². The van der Waals surface area contributed by atoms with Crippen molar-refractivity contribution in [2.75, 3.05) is 30.1 Å². The number of hydrogen-bond acceptors (Lipinski definition) is 5. The molecule has 0 spiro atoms. The van der Waals surface area contributed by atoms with Gasteiger partial charge in [0.05, 0.1) is 17.3 Å². The first-order valence-electron chi connectivity index (χ1n) is 9.94. The van der Waals surface area contributed by atoms with E-state index in [-0.39, 0.29) is 29.2 Å².